The molecule has 94 valence electrons. The molecule has 1 amide bonds. The molecule has 2 atom stereocenters. The summed E-state index contributed by atoms with van der Waals surface area (Å²) in [7, 11) is 0. The molecule has 0 bridgehead atoms. The van der Waals surface area contributed by atoms with E-state index in [9.17, 15) is 9.90 Å². The van der Waals surface area contributed by atoms with E-state index < -0.39 is 0 Å². The number of halogens is 1. The molecule has 2 unspecified atom stereocenters. The second-order valence-electron chi connectivity index (χ2n) is 3.59. The predicted octanol–water partition coefficient (Wildman–Crippen LogP) is -0.693. The van der Waals surface area contributed by atoms with Crippen molar-refractivity contribution < 1.29 is 14.6 Å². The highest BCUT2D eigenvalue weighted by Gasteiger charge is 2.24. The molecule has 1 fully saturated rings. The van der Waals surface area contributed by atoms with Gasteiger partial charge in [0.05, 0.1) is 12.7 Å². The predicted molar refractivity (Wildman–Crippen MR) is 63.6 cm³/mol. The van der Waals surface area contributed by atoms with E-state index in [0.29, 0.717) is 19.7 Å². The second kappa shape index (κ2) is 8.52. The number of carbonyl (C=O) groups is 1. The van der Waals surface area contributed by atoms with Gasteiger partial charge in [0.15, 0.2) is 0 Å². The maximum Gasteiger partial charge on any atom is 0.246 e. The van der Waals surface area contributed by atoms with E-state index in [1.807, 2.05) is 0 Å². The quantitative estimate of drug-likeness (QED) is 0.431. The Hall–Kier alpha value is -0.620. The van der Waals surface area contributed by atoms with Crippen LogP contribution >= 0.6 is 12.4 Å². The number of β-amino-alcohol motifs (C(OH)–C–C–N with tert-alkyl or cyclic N) is 1. The molecule has 0 aromatic heterocycles. The third-order valence-corrected chi connectivity index (χ3v) is 2.33. The standard InChI is InChI=1S/C10H18N2O3.ClH/c1-2-3-15-7-10(14)12-5-8-4-11-6-9(8)13;/h2,8-9,11,13H,1,3-7H2,(H,12,14);1H. The monoisotopic (exact) mass is 250 g/mol. The van der Waals surface area contributed by atoms with Gasteiger partial charge in [0, 0.05) is 25.6 Å². The molecule has 1 aliphatic heterocycles. The zero-order chi connectivity index (χ0) is 11.1. The number of amides is 1. The number of aliphatic hydroxyl groups is 1. The summed E-state index contributed by atoms with van der Waals surface area (Å²) < 4.78 is 4.98. The van der Waals surface area contributed by atoms with Gasteiger partial charge < -0.3 is 20.5 Å². The molecular formula is C10H19ClN2O3. The van der Waals surface area contributed by atoms with Crippen LogP contribution in [0.1, 0.15) is 0 Å². The Balaban J connectivity index is 0.00000225. The zero-order valence-electron chi connectivity index (χ0n) is 9.15. The fourth-order valence-corrected chi connectivity index (χ4v) is 1.46. The maximum atomic E-state index is 11.2. The van der Waals surface area contributed by atoms with E-state index in [1.165, 1.54) is 0 Å². The molecule has 6 heteroatoms. The highest BCUT2D eigenvalue weighted by atomic mass is 35.5. The van der Waals surface area contributed by atoms with Gasteiger partial charge >= 0.3 is 0 Å². The second-order valence-corrected chi connectivity index (χ2v) is 3.59. The van der Waals surface area contributed by atoms with Gasteiger partial charge in [-0.15, -0.1) is 19.0 Å². The van der Waals surface area contributed by atoms with Crippen LogP contribution in [-0.2, 0) is 9.53 Å². The van der Waals surface area contributed by atoms with E-state index in [-0.39, 0.29) is 36.9 Å². The van der Waals surface area contributed by atoms with Crippen molar-refractivity contribution in [3.05, 3.63) is 12.7 Å². The van der Waals surface area contributed by atoms with Crippen molar-refractivity contribution in [3.63, 3.8) is 0 Å². The Kier molecular flexibility index (Phi) is 8.19. The average molecular weight is 251 g/mol. The number of aliphatic hydroxyl groups excluding tert-OH is 1. The molecule has 1 heterocycles. The largest absolute Gasteiger partial charge is 0.391 e. The molecule has 16 heavy (non-hydrogen) atoms. The third kappa shape index (κ3) is 5.46. The average Bonchev–Trinajstić information content (AvgIpc) is 2.61. The fraction of sp³-hybridized carbons (Fsp3) is 0.700. The Bertz CT molecular complexity index is 226. The van der Waals surface area contributed by atoms with Crippen LogP contribution in [0.2, 0.25) is 0 Å². The summed E-state index contributed by atoms with van der Waals surface area (Å²) in [5.74, 6) is -0.0516. The first-order chi connectivity index (χ1) is 7.24. The summed E-state index contributed by atoms with van der Waals surface area (Å²) in [6.45, 7) is 5.74. The van der Waals surface area contributed by atoms with E-state index in [2.05, 4.69) is 17.2 Å². The molecule has 1 saturated heterocycles. The summed E-state index contributed by atoms with van der Waals surface area (Å²) >= 11 is 0. The van der Waals surface area contributed by atoms with Crippen molar-refractivity contribution in [1.29, 1.82) is 0 Å². The van der Waals surface area contributed by atoms with Gasteiger partial charge in [0.1, 0.15) is 6.61 Å². The minimum absolute atomic E-state index is 0. The summed E-state index contributed by atoms with van der Waals surface area (Å²) in [5, 5.41) is 15.2. The van der Waals surface area contributed by atoms with Crippen molar-refractivity contribution in [1.82, 2.24) is 10.6 Å². The summed E-state index contributed by atoms with van der Waals surface area (Å²) in [6.07, 6.45) is 1.23. The molecule has 0 aromatic carbocycles. The van der Waals surface area contributed by atoms with Crippen LogP contribution < -0.4 is 10.6 Å². The minimum atomic E-state index is -0.362. The Morgan fingerprint density at radius 2 is 2.38 bits per heavy atom. The first-order valence-corrected chi connectivity index (χ1v) is 5.08. The highest BCUT2D eigenvalue weighted by Crippen LogP contribution is 2.06. The lowest BCUT2D eigenvalue weighted by molar-refractivity contribution is -0.125. The topological polar surface area (TPSA) is 70.6 Å². The van der Waals surface area contributed by atoms with Gasteiger partial charge in [-0.3, -0.25) is 4.79 Å². The minimum Gasteiger partial charge on any atom is -0.391 e. The Morgan fingerprint density at radius 3 is 2.94 bits per heavy atom. The lowest BCUT2D eigenvalue weighted by Gasteiger charge is -2.13. The summed E-state index contributed by atoms with van der Waals surface area (Å²) in [6, 6.07) is 0. The van der Waals surface area contributed by atoms with Crippen LogP contribution in [0.15, 0.2) is 12.7 Å². The van der Waals surface area contributed by atoms with E-state index in [0.717, 1.165) is 6.54 Å². The fourth-order valence-electron chi connectivity index (χ4n) is 1.46. The van der Waals surface area contributed by atoms with E-state index in [1.54, 1.807) is 6.08 Å². The molecule has 0 radical (unpaired) electrons. The highest BCUT2D eigenvalue weighted by molar-refractivity contribution is 5.85. The van der Waals surface area contributed by atoms with Crippen LogP contribution in [0.25, 0.3) is 0 Å². The Morgan fingerprint density at radius 1 is 1.62 bits per heavy atom. The van der Waals surface area contributed by atoms with Crippen molar-refractivity contribution in [3.8, 4) is 0 Å². The maximum absolute atomic E-state index is 11.2. The molecule has 1 aliphatic rings. The summed E-state index contributed by atoms with van der Waals surface area (Å²) in [4.78, 5) is 11.2. The van der Waals surface area contributed by atoms with Crippen molar-refractivity contribution >= 4 is 18.3 Å². The van der Waals surface area contributed by atoms with Gasteiger partial charge in [-0.1, -0.05) is 6.08 Å². The molecule has 0 aliphatic carbocycles. The number of rotatable bonds is 6. The normalized spacial score (nSPS) is 23.6. The van der Waals surface area contributed by atoms with Crippen LogP contribution in [0.5, 0.6) is 0 Å². The molecule has 0 saturated carbocycles. The number of ether oxygens (including phenoxy) is 1. The van der Waals surface area contributed by atoms with Gasteiger partial charge in [0.2, 0.25) is 5.91 Å². The first kappa shape index (κ1) is 15.4. The zero-order valence-corrected chi connectivity index (χ0v) is 9.96. The van der Waals surface area contributed by atoms with Crippen LogP contribution in [0, 0.1) is 5.92 Å². The molecule has 0 spiro atoms. The molecule has 5 nitrogen and oxygen atoms in total. The SMILES string of the molecule is C=CCOCC(=O)NCC1CNCC1O.Cl. The number of carbonyl (C=O) groups excluding carboxylic acids is 1. The van der Waals surface area contributed by atoms with E-state index in [4.69, 9.17) is 4.74 Å². The summed E-state index contributed by atoms with van der Waals surface area (Å²) in [5.41, 5.74) is 0. The third-order valence-electron chi connectivity index (χ3n) is 2.33. The Labute approximate surface area is 102 Å². The van der Waals surface area contributed by atoms with E-state index >= 15 is 0 Å². The first-order valence-electron chi connectivity index (χ1n) is 5.08. The van der Waals surface area contributed by atoms with Crippen molar-refractivity contribution in [2.45, 2.75) is 6.10 Å². The van der Waals surface area contributed by atoms with Crippen molar-refractivity contribution in [2.24, 2.45) is 5.92 Å². The number of hydrogen-bond acceptors (Lipinski definition) is 4. The van der Waals surface area contributed by atoms with Gasteiger partial charge in [-0.05, 0) is 0 Å². The van der Waals surface area contributed by atoms with Crippen LogP contribution in [-0.4, -0.2) is 50.0 Å². The smallest absolute Gasteiger partial charge is 0.246 e. The molecule has 3 N–H and O–H groups in total. The van der Waals surface area contributed by atoms with Crippen molar-refractivity contribution in [2.75, 3.05) is 32.8 Å². The van der Waals surface area contributed by atoms with Crippen LogP contribution in [0.4, 0.5) is 0 Å². The van der Waals surface area contributed by atoms with Gasteiger partial charge in [0.25, 0.3) is 0 Å². The molecule has 0 aromatic rings. The van der Waals surface area contributed by atoms with Gasteiger partial charge in [-0.2, -0.15) is 0 Å². The number of hydrogen-bond donors (Lipinski definition) is 3. The lowest BCUT2D eigenvalue weighted by Crippen LogP contribution is -2.36. The number of nitrogens with one attached hydrogen (secondary N) is 2. The molecule has 1 rings (SSSR count). The lowest BCUT2D eigenvalue weighted by atomic mass is 10.1. The van der Waals surface area contributed by atoms with Gasteiger partial charge in [-0.25, -0.2) is 0 Å². The molecular weight excluding hydrogens is 232 g/mol. The van der Waals surface area contributed by atoms with Crippen LogP contribution in [0.3, 0.4) is 0 Å².